The Morgan fingerprint density at radius 1 is 1.15 bits per heavy atom. The molecule has 5 rings (SSSR count). The molecule has 1 saturated heterocycles. The molecule has 0 unspecified atom stereocenters. The molecule has 3 heterocycles. The molecule has 178 valence electrons. The zero-order chi connectivity index (χ0) is 24.0. The van der Waals surface area contributed by atoms with Crippen LogP contribution in [0.3, 0.4) is 0 Å². The highest BCUT2D eigenvalue weighted by Crippen LogP contribution is 2.40. The van der Waals surface area contributed by atoms with Crippen LogP contribution in [0.4, 0.5) is 5.00 Å². The molecule has 0 bridgehead atoms. The second-order valence-corrected chi connectivity index (χ2v) is 12.4. The molecule has 1 aliphatic carbocycles. The van der Waals surface area contributed by atoms with E-state index in [1.165, 1.54) is 17.4 Å². The molecule has 2 atom stereocenters. The fraction of sp³-hybridized carbons (Fsp3) is 0.375. The highest BCUT2D eigenvalue weighted by Gasteiger charge is 2.33. The minimum absolute atomic E-state index is 0.0541. The van der Waals surface area contributed by atoms with Gasteiger partial charge in [0.2, 0.25) is 0 Å². The van der Waals surface area contributed by atoms with Crippen LogP contribution in [0.25, 0.3) is 11.0 Å². The molecule has 10 heteroatoms. The summed E-state index contributed by atoms with van der Waals surface area (Å²) in [6.07, 6.45) is 2.79. The van der Waals surface area contributed by atoms with Gasteiger partial charge in [-0.2, -0.15) is 0 Å². The minimum atomic E-state index is -3.15. The van der Waals surface area contributed by atoms with Crippen LogP contribution in [0, 0.1) is 5.92 Å². The first-order chi connectivity index (χ1) is 16.2. The van der Waals surface area contributed by atoms with Crippen molar-refractivity contribution in [3.63, 3.8) is 0 Å². The minimum Gasteiger partial charge on any atom is -0.422 e. The molecule has 2 N–H and O–H groups in total. The second kappa shape index (κ2) is 8.66. The number of sulfone groups is 1. The van der Waals surface area contributed by atoms with E-state index in [1.807, 2.05) is 0 Å². The van der Waals surface area contributed by atoms with Crippen LogP contribution >= 0.6 is 11.3 Å². The average Bonchev–Trinajstić information content (AvgIpc) is 3.31. The first kappa shape index (κ1) is 22.8. The summed E-state index contributed by atoms with van der Waals surface area (Å²) in [4.78, 5) is 39.8. The van der Waals surface area contributed by atoms with Gasteiger partial charge in [0.05, 0.1) is 17.1 Å². The fourth-order valence-corrected chi connectivity index (χ4v) is 7.71. The van der Waals surface area contributed by atoms with Crippen molar-refractivity contribution in [3.05, 3.63) is 62.3 Å². The molecule has 34 heavy (non-hydrogen) atoms. The number of rotatable bonds is 4. The van der Waals surface area contributed by atoms with E-state index in [1.54, 1.807) is 24.3 Å². The lowest BCUT2D eigenvalue weighted by Gasteiger charge is -2.19. The molecule has 8 nitrogen and oxygen atoms in total. The lowest BCUT2D eigenvalue weighted by atomic mass is 9.88. The Kier molecular flexibility index (Phi) is 5.81. The van der Waals surface area contributed by atoms with Gasteiger partial charge in [-0.1, -0.05) is 25.1 Å². The van der Waals surface area contributed by atoms with E-state index in [9.17, 15) is 22.8 Å². The van der Waals surface area contributed by atoms with E-state index in [0.29, 0.717) is 40.3 Å². The molecule has 1 aliphatic heterocycles. The van der Waals surface area contributed by atoms with Gasteiger partial charge in [0.25, 0.3) is 11.8 Å². The van der Waals surface area contributed by atoms with E-state index in [0.717, 1.165) is 23.3 Å². The van der Waals surface area contributed by atoms with E-state index in [4.69, 9.17) is 4.42 Å². The van der Waals surface area contributed by atoms with E-state index in [-0.39, 0.29) is 17.1 Å². The van der Waals surface area contributed by atoms with Crippen molar-refractivity contribution < 1.29 is 22.4 Å². The normalized spacial score (nSPS) is 21.2. The summed E-state index contributed by atoms with van der Waals surface area (Å²) in [7, 11) is -3.15. The number of hydrogen-bond donors (Lipinski definition) is 2. The number of para-hydroxylation sites is 1. The number of anilines is 1. The lowest BCUT2D eigenvalue weighted by Crippen LogP contribution is -2.36. The number of benzene rings is 1. The van der Waals surface area contributed by atoms with Gasteiger partial charge in [0.15, 0.2) is 9.84 Å². The fourth-order valence-electron chi connectivity index (χ4n) is 4.64. The van der Waals surface area contributed by atoms with Crippen molar-refractivity contribution in [2.75, 3.05) is 16.8 Å². The topological polar surface area (TPSA) is 123 Å². The standard InChI is InChI=1S/C24H24N2O6S2/c1-13-6-7-16-19(10-13)33-23(20(16)22(28)25-15-8-9-34(30,31)12-15)26-21(27)17-11-14-4-2-3-5-18(14)32-24(17)29/h2-5,11,13,15H,6-10,12H2,1H3,(H,25,28)(H,26,27)/t13-,15+/m0/s1. The summed E-state index contributed by atoms with van der Waals surface area (Å²) in [6, 6.07) is 7.95. The molecule has 0 radical (unpaired) electrons. The highest BCUT2D eigenvalue weighted by atomic mass is 32.2. The third-order valence-corrected chi connectivity index (χ3v) is 9.36. The summed E-state index contributed by atoms with van der Waals surface area (Å²) >= 11 is 1.34. The maximum atomic E-state index is 13.3. The third-order valence-electron chi connectivity index (χ3n) is 6.42. The summed E-state index contributed by atoms with van der Waals surface area (Å²) in [5.41, 5.74) is 0.744. The van der Waals surface area contributed by atoms with E-state index >= 15 is 0 Å². The molecule has 2 aromatic heterocycles. The van der Waals surface area contributed by atoms with Crippen molar-refractivity contribution in [2.45, 2.75) is 38.6 Å². The first-order valence-corrected chi connectivity index (χ1v) is 13.8. The zero-order valence-electron chi connectivity index (χ0n) is 18.6. The maximum Gasteiger partial charge on any atom is 0.349 e. The van der Waals surface area contributed by atoms with E-state index < -0.39 is 33.3 Å². The van der Waals surface area contributed by atoms with Crippen LogP contribution in [0.2, 0.25) is 0 Å². The van der Waals surface area contributed by atoms with Gasteiger partial charge in [0.1, 0.15) is 16.1 Å². The van der Waals surface area contributed by atoms with Crippen LogP contribution in [0.1, 0.15) is 50.9 Å². The van der Waals surface area contributed by atoms with E-state index in [2.05, 4.69) is 17.6 Å². The Morgan fingerprint density at radius 3 is 2.71 bits per heavy atom. The van der Waals surface area contributed by atoms with Crippen LogP contribution in [0.15, 0.2) is 39.5 Å². The van der Waals surface area contributed by atoms with Crippen LogP contribution in [0.5, 0.6) is 0 Å². The Bertz CT molecular complexity index is 1470. The van der Waals surface area contributed by atoms with Gasteiger partial charge >= 0.3 is 5.63 Å². The number of thiophene rings is 1. The molecule has 1 aromatic carbocycles. The van der Waals surface area contributed by atoms with Crippen molar-refractivity contribution in [3.8, 4) is 0 Å². The largest absolute Gasteiger partial charge is 0.422 e. The summed E-state index contributed by atoms with van der Waals surface area (Å²) in [6.45, 7) is 2.14. The van der Waals surface area contributed by atoms with Gasteiger partial charge in [0, 0.05) is 16.3 Å². The molecular weight excluding hydrogens is 476 g/mol. The summed E-state index contributed by atoms with van der Waals surface area (Å²) in [5, 5.41) is 6.60. The van der Waals surface area contributed by atoms with Crippen molar-refractivity contribution in [1.29, 1.82) is 0 Å². The lowest BCUT2D eigenvalue weighted by molar-refractivity contribution is 0.0941. The molecular formula is C24H24N2O6S2. The van der Waals surface area contributed by atoms with Gasteiger partial charge in [-0.05, 0) is 49.3 Å². The monoisotopic (exact) mass is 500 g/mol. The summed E-state index contributed by atoms with van der Waals surface area (Å²) < 4.78 is 28.9. The van der Waals surface area contributed by atoms with Crippen molar-refractivity contribution in [1.82, 2.24) is 5.32 Å². The van der Waals surface area contributed by atoms with Crippen molar-refractivity contribution >= 4 is 49.0 Å². The Hall–Kier alpha value is -2.98. The third kappa shape index (κ3) is 4.39. The molecule has 2 aliphatic rings. The Morgan fingerprint density at radius 2 is 1.94 bits per heavy atom. The maximum absolute atomic E-state index is 13.3. The first-order valence-electron chi connectivity index (χ1n) is 11.2. The number of carbonyl (C=O) groups is 2. The average molecular weight is 501 g/mol. The van der Waals surface area contributed by atoms with Gasteiger partial charge in [-0.3, -0.25) is 9.59 Å². The predicted octanol–water partition coefficient (Wildman–Crippen LogP) is 3.15. The highest BCUT2D eigenvalue weighted by molar-refractivity contribution is 7.91. The smallest absolute Gasteiger partial charge is 0.349 e. The number of carbonyl (C=O) groups excluding carboxylic acids is 2. The molecule has 0 spiro atoms. The number of amides is 2. The van der Waals surface area contributed by atoms with Crippen LogP contribution in [-0.4, -0.2) is 37.8 Å². The molecule has 1 fully saturated rings. The summed E-state index contributed by atoms with van der Waals surface area (Å²) in [5.74, 6) is -0.614. The van der Waals surface area contributed by atoms with Crippen LogP contribution in [-0.2, 0) is 22.7 Å². The second-order valence-electron chi connectivity index (χ2n) is 9.07. The Labute approximate surface area is 200 Å². The molecule has 3 aromatic rings. The zero-order valence-corrected chi connectivity index (χ0v) is 20.2. The van der Waals surface area contributed by atoms with Gasteiger partial charge < -0.3 is 15.1 Å². The van der Waals surface area contributed by atoms with Crippen molar-refractivity contribution in [2.24, 2.45) is 5.92 Å². The van der Waals surface area contributed by atoms with Gasteiger partial charge in [-0.25, -0.2) is 13.2 Å². The van der Waals surface area contributed by atoms with Gasteiger partial charge in [-0.15, -0.1) is 11.3 Å². The Balaban J connectivity index is 1.47. The number of nitrogens with one attached hydrogen (secondary N) is 2. The quantitative estimate of drug-likeness (QED) is 0.531. The number of hydrogen-bond acceptors (Lipinski definition) is 7. The molecule has 0 saturated carbocycles. The molecule has 2 amide bonds. The SMILES string of the molecule is C[C@H]1CCc2c(sc(NC(=O)c3cc4ccccc4oc3=O)c2C(=O)N[C@@H]2CCS(=O)(=O)C2)C1. The van der Waals surface area contributed by atoms with Crippen LogP contribution < -0.4 is 16.3 Å². The number of fused-ring (bicyclic) bond motifs is 2. The predicted molar refractivity (Wildman–Crippen MR) is 130 cm³/mol.